The number of hydrogen-bond acceptors (Lipinski definition) is 5. The topological polar surface area (TPSA) is 64.3 Å². The average molecular weight is 457 g/mol. The summed E-state index contributed by atoms with van der Waals surface area (Å²) in [5.41, 5.74) is 0.835. The molecule has 1 saturated carbocycles. The van der Waals surface area contributed by atoms with Gasteiger partial charge in [-0.05, 0) is 72.9 Å². The molecule has 162 valence electrons. The maximum Gasteiger partial charge on any atom is 0.260 e. The molecular formula is C24H25ClN2O3S. The van der Waals surface area contributed by atoms with E-state index in [1.807, 2.05) is 42.1 Å². The lowest BCUT2D eigenvalue weighted by atomic mass is 10.0. The summed E-state index contributed by atoms with van der Waals surface area (Å²) in [6.45, 7) is 0. The maximum absolute atomic E-state index is 13.3. The first kappa shape index (κ1) is 21.8. The predicted molar refractivity (Wildman–Crippen MR) is 127 cm³/mol. The van der Waals surface area contributed by atoms with E-state index >= 15 is 0 Å². The van der Waals surface area contributed by atoms with Crippen molar-refractivity contribution in [2.75, 3.05) is 6.26 Å². The molecule has 4 rings (SSSR count). The van der Waals surface area contributed by atoms with E-state index in [1.54, 1.807) is 34.7 Å². The van der Waals surface area contributed by atoms with Crippen molar-refractivity contribution in [2.24, 2.45) is 0 Å². The number of nitrogens with zero attached hydrogens (tertiary/aromatic N) is 2. The molecular weight excluding hydrogens is 432 g/mol. The Morgan fingerprint density at radius 1 is 1.32 bits per heavy atom. The van der Waals surface area contributed by atoms with E-state index in [-0.39, 0.29) is 23.5 Å². The van der Waals surface area contributed by atoms with E-state index in [9.17, 15) is 9.90 Å². The lowest BCUT2D eigenvalue weighted by Gasteiger charge is -2.18. The van der Waals surface area contributed by atoms with Crippen molar-refractivity contribution in [3.05, 3.63) is 75.1 Å². The van der Waals surface area contributed by atoms with Crippen LogP contribution < -0.4 is 10.3 Å². The number of ether oxygens (including phenoxy) is 1. The van der Waals surface area contributed by atoms with Gasteiger partial charge in [0.15, 0.2) is 0 Å². The number of thioether (sulfide) groups is 1. The van der Waals surface area contributed by atoms with Crippen LogP contribution in [0.25, 0.3) is 10.8 Å². The Bertz CT molecular complexity index is 1160. The van der Waals surface area contributed by atoms with Crippen molar-refractivity contribution in [3.8, 4) is 11.6 Å². The first-order chi connectivity index (χ1) is 15.0. The molecule has 0 unspecified atom stereocenters. The molecule has 1 aromatic carbocycles. The predicted octanol–water partition coefficient (Wildman–Crippen LogP) is 5.74. The Labute approximate surface area is 190 Å². The highest BCUT2D eigenvalue weighted by Crippen LogP contribution is 2.27. The van der Waals surface area contributed by atoms with Crippen molar-refractivity contribution in [1.29, 1.82) is 0 Å². The zero-order valence-corrected chi connectivity index (χ0v) is 18.9. The number of phenols is 1. The SMILES string of the molecule is CS/C=C/[C@H](Cc1ccc(O)c(Cl)c1)n1ccc2cc(OC3CCCC3)ncc2c1=O. The zero-order valence-electron chi connectivity index (χ0n) is 17.3. The molecule has 5 nitrogen and oxygen atoms in total. The third kappa shape index (κ3) is 5.08. The molecule has 2 heterocycles. The zero-order chi connectivity index (χ0) is 21.8. The number of pyridine rings is 2. The van der Waals surface area contributed by atoms with Gasteiger partial charge in [-0.25, -0.2) is 4.98 Å². The van der Waals surface area contributed by atoms with Gasteiger partial charge >= 0.3 is 0 Å². The van der Waals surface area contributed by atoms with Crippen LogP contribution in [0, 0.1) is 0 Å². The molecule has 3 aromatic rings. The van der Waals surface area contributed by atoms with E-state index in [1.165, 1.54) is 12.8 Å². The average Bonchev–Trinajstić information content (AvgIpc) is 3.27. The number of phenolic OH excluding ortho intramolecular Hbond substituents is 1. The summed E-state index contributed by atoms with van der Waals surface area (Å²) in [4.78, 5) is 17.7. The number of fused-ring (bicyclic) bond motifs is 1. The van der Waals surface area contributed by atoms with E-state index in [4.69, 9.17) is 16.3 Å². The fourth-order valence-corrected chi connectivity index (χ4v) is 4.53. The van der Waals surface area contributed by atoms with Crippen molar-refractivity contribution >= 4 is 34.1 Å². The lowest BCUT2D eigenvalue weighted by Crippen LogP contribution is -2.25. The molecule has 0 bridgehead atoms. The van der Waals surface area contributed by atoms with Gasteiger partial charge < -0.3 is 14.4 Å². The summed E-state index contributed by atoms with van der Waals surface area (Å²) in [6.07, 6.45) is 12.7. The Kier molecular flexibility index (Phi) is 6.88. The summed E-state index contributed by atoms with van der Waals surface area (Å²) in [5.74, 6) is 0.625. The second-order valence-corrected chi connectivity index (χ2v) is 8.93. The molecule has 1 atom stereocenters. The highest BCUT2D eigenvalue weighted by molar-refractivity contribution is 8.01. The summed E-state index contributed by atoms with van der Waals surface area (Å²) >= 11 is 7.65. The van der Waals surface area contributed by atoms with Crippen LogP contribution in [-0.2, 0) is 6.42 Å². The molecule has 31 heavy (non-hydrogen) atoms. The monoisotopic (exact) mass is 456 g/mol. The first-order valence-corrected chi connectivity index (χ1v) is 12.1. The van der Waals surface area contributed by atoms with Crippen LogP contribution in [-0.4, -0.2) is 27.0 Å². The van der Waals surface area contributed by atoms with Crippen LogP contribution in [0.2, 0.25) is 5.02 Å². The largest absolute Gasteiger partial charge is 0.506 e. The van der Waals surface area contributed by atoms with E-state index < -0.39 is 0 Å². The third-order valence-electron chi connectivity index (χ3n) is 5.63. The number of benzene rings is 1. The minimum atomic E-state index is -0.195. The molecule has 1 aliphatic rings. The highest BCUT2D eigenvalue weighted by atomic mass is 35.5. The summed E-state index contributed by atoms with van der Waals surface area (Å²) in [5, 5.41) is 13.3. The molecule has 1 aliphatic carbocycles. The third-order valence-corrected chi connectivity index (χ3v) is 6.36. The minimum absolute atomic E-state index is 0.0474. The van der Waals surface area contributed by atoms with Crippen molar-refractivity contribution in [1.82, 2.24) is 9.55 Å². The standard InChI is InChI=1S/C24H25ClN2O3S/c1-31-11-9-18(12-16-6-7-22(28)21(25)13-16)27-10-8-17-14-23(26-15-20(17)24(27)29)30-19-4-2-3-5-19/h6-11,13-15,18-19,28H,2-5,12H2,1H3/b11-9+/t18-/m1/s1. The first-order valence-electron chi connectivity index (χ1n) is 10.4. The molecule has 0 spiro atoms. The number of aromatic hydroxyl groups is 1. The van der Waals surface area contributed by atoms with Gasteiger partial charge in [0.1, 0.15) is 11.9 Å². The molecule has 7 heteroatoms. The van der Waals surface area contributed by atoms with Crippen LogP contribution in [0.3, 0.4) is 0 Å². The van der Waals surface area contributed by atoms with E-state index in [2.05, 4.69) is 4.98 Å². The molecule has 0 amide bonds. The normalized spacial score (nSPS) is 15.7. The van der Waals surface area contributed by atoms with Crippen LogP contribution in [0.15, 0.2) is 59.0 Å². The molecule has 1 N–H and O–H groups in total. The van der Waals surface area contributed by atoms with Gasteiger partial charge in [-0.1, -0.05) is 23.7 Å². The summed E-state index contributed by atoms with van der Waals surface area (Å²) < 4.78 is 7.70. The van der Waals surface area contributed by atoms with Gasteiger partial charge in [0.2, 0.25) is 5.88 Å². The fraction of sp³-hybridized carbons (Fsp3) is 0.333. The van der Waals surface area contributed by atoms with Crippen LogP contribution in [0.4, 0.5) is 0 Å². The Balaban J connectivity index is 1.65. The maximum atomic E-state index is 13.3. The number of aromatic nitrogens is 2. The smallest absolute Gasteiger partial charge is 0.260 e. The molecule has 0 aliphatic heterocycles. The van der Waals surface area contributed by atoms with Crippen molar-refractivity contribution < 1.29 is 9.84 Å². The van der Waals surface area contributed by atoms with Crippen LogP contribution in [0.5, 0.6) is 11.6 Å². The van der Waals surface area contributed by atoms with Gasteiger partial charge in [-0.15, -0.1) is 11.8 Å². The van der Waals surface area contributed by atoms with Gasteiger partial charge in [-0.3, -0.25) is 4.79 Å². The number of allylic oxidation sites excluding steroid dienone is 1. The molecule has 0 saturated heterocycles. The fourth-order valence-electron chi connectivity index (χ4n) is 3.98. The second kappa shape index (κ2) is 9.79. The van der Waals surface area contributed by atoms with Crippen LogP contribution >= 0.6 is 23.4 Å². The Morgan fingerprint density at radius 3 is 2.87 bits per heavy atom. The van der Waals surface area contributed by atoms with Gasteiger partial charge in [0, 0.05) is 18.5 Å². The quantitative estimate of drug-likeness (QED) is 0.491. The number of hydrogen-bond donors (Lipinski definition) is 1. The highest BCUT2D eigenvalue weighted by Gasteiger charge is 2.18. The van der Waals surface area contributed by atoms with Gasteiger partial charge in [-0.2, -0.15) is 0 Å². The lowest BCUT2D eigenvalue weighted by molar-refractivity contribution is 0.202. The van der Waals surface area contributed by atoms with Crippen molar-refractivity contribution in [3.63, 3.8) is 0 Å². The Morgan fingerprint density at radius 2 is 2.13 bits per heavy atom. The Hall–Kier alpha value is -2.44. The van der Waals surface area contributed by atoms with Gasteiger partial charge in [0.25, 0.3) is 5.56 Å². The van der Waals surface area contributed by atoms with E-state index in [0.29, 0.717) is 22.7 Å². The summed E-state index contributed by atoms with van der Waals surface area (Å²) in [6, 6.07) is 8.72. The number of rotatable bonds is 7. The number of halogens is 1. The molecule has 0 radical (unpaired) electrons. The molecule has 2 aromatic heterocycles. The van der Waals surface area contributed by atoms with E-state index in [0.717, 1.165) is 23.8 Å². The van der Waals surface area contributed by atoms with Gasteiger partial charge in [0.05, 0.1) is 16.5 Å². The molecule has 1 fully saturated rings. The van der Waals surface area contributed by atoms with Crippen molar-refractivity contribution in [2.45, 2.75) is 44.2 Å². The van der Waals surface area contributed by atoms with Crippen LogP contribution in [0.1, 0.15) is 37.3 Å². The minimum Gasteiger partial charge on any atom is -0.506 e. The second-order valence-electron chi connectivity index (χ2n) is 7.78. The summed E-state index contributed by atoms with van der Waals surface area (Å²) in [7, 11) is 0.